The van der Waals surface area contributed by atoms with Crippen molar-refractivity contribution in [3.05, 3.63) is 152 Å². The van der Waals surface area contributed by atoms with Gasteiger partial charge in [0.1, 0.15) is 0 Å². The minimum absolute atomic E-state index is 1.20. The summed E-state index contributed by atoms with van der Waals surface area (Å²) in [7, 11) is 0. The number of para-hydroxylation sites is 1. The van der Waals surface area contributed by atoms with Crippen LogP contribution in [0.5, 0.6) is 0 Å². The van der Waals surface area contributed by atoms with Crippen LogP contribution in [0.4, 0.5) is 0 Å². The molecule has 0 aliphatic heterocycles. The van der Waals surface area contributed by atoms with E-state index in [9.17, 15) is 0 Å². The number of hydrogen-bond donors (Lipinski definition) is 0. The van der Waals surface area contributed by atoms with E-state index in [1.807, 2.05) is 11.3 Å². The summed E-state index contributed by atoms with van der Waals surface area (Å²) < 4.78 is 5.19. The highest BCUT2D eigenvalue weighted by molar-refractivity contribution is 7.25. The molecule has 0 saturated heterocycles. The van der Waals surface area contributed by atoms with Crippen LogP contribution in [0.2, 0.25) is 0 Å². The molecular formula is C44H25NS. The number of aromatic nitrogens is 1. The van der Waals surface area contributed by atoms with Gasteiger partial charge in [0.2, 0.25) is 0 Å². The van der Waals surface area contributed by atoms with Crippen molar-refractivity contribution in [2.24, 2.45) is 0 Å². The summed E-state index contributed by atoms with van der Waals surface area (Å²) in [6.07, 6.45) is 0. The third kappa shape index (κ3) is 3.14. The maximum absolute atomic E-state index is 2.53. The Kier molecular flexibility index (Phi) is 4.78. The summed E-state index contributed by atoms with van der Waals surface area (Å²) in [4.78, 5) is 0. The summed E-state index contributed by atoms with van der Waals surface area (Å²) in [5.74, 6) is 0. The van der Waals surface area contributed by atoms with Crippen molar-refractivity contribution in [1.82, 2.24) is 4.57 Å². The van der Waals surface area contributed by atoms with Crippen LogP contribution >= 0.6 is 11.3 Å². The lowest BCUT2D eigenvalue weighted by Gasteiger charge is -2.16. The fraction of sp³-hybridized carbons (Fsp3) is 0. The SMILES string of the molecule is c1ccc2cc3c(cc2c1)sc1ccc(-n2c4ccccc4c4c5c6ccccc6c6ccccc6c5c5ccccc5c42)cc13. The Hall–Kier alpha value is -5.70. The van der Waals surface area contributed by atoms with E-state index >= 15 is 0 Å². The lowest BCUT2D eigenvalue weighted by molar-refractivity contribution is 1.19. The predicted octanol–water partition coefficient (Wildman–Crippen LogP) is 12.9. The zero-order chi connectivity index (χ0) is 29.9. The van der Waals surface area contributed by atoms with Crippen molar-refractivity contribution in [3.63, 3.8) is 0 Å². The molecule has 46 heavy (non-hydrogen) atoms. The largest absolute Gasteiger partial charge is 0.309 e. The maximum Gasteiger partial charge on any atom is 0.0626 e. The zero-order valence-electron chi connectivity index (χ0n) is 24.8. The number of thiophene rings is 1. The van der Waals surface area contributed by atoms with Crippen molar-refractivity contribution in [3.8, 4) is 5.69 Å². The second kappa shape index (κ2) is 8.94. The molecule has 212 valence electrons. The second-order valence-electron chi connectivity index (χ2n) is 12.4. The molecule has 0 bridgehead atoms. The molecule has 2 heteroatoms. The molecule has 9 aromatic carbocycles. The lowest BCUT2D eigenvalue weighted by atomic mass is 9.88. The molecule has 0 atom stereocenters. The predicted molar refractivity (Wildman–Crippen MR) is 201 cm³/mol. The summed E-state index contributed by atoms with van der Waals surface area (Å²) in [5, 5.41) is 18.3. The van der Waals surface area contributed by atoms with Crippen LogP contribution in [0.1, 0.15) is 0 Å². The second-order valence-corrected chi connectivity index (χ2v) is 13.5. The van der Waals surface area contributed by atoms with Crippen LogP contribution < -0.4 is 0 Å². The highest BCUT2D eigenvalue weighted by Gasteiger charge is 2.22. The maximum atomic E-state index is 2.53. The third-order valence-corrected chi connectivity index (χ3v) is 11.2. The molecule has 11 aromatic rings. The van der Waals surface area contributed by atoms with Crippen LogP contribution in [0, 0.1) is 0 Å². The normalized spacial score (nSPS) is 12.3. The van der Waals surface area contributed by atoms with E-state index in [4.69, 9.17) is 0 Å². The standard InChI is InChI=1S/C44H25NS/c1-2-12-27-24-40-36(23-26(27)11-1)37-25-28(21-22-39(37)46-40)45-38-20-10-9-19-35(38)43-42-32-16-6-4-14-30(32)29-13-3-5-15-31(29)41(42)33-17-7-8-18-34(33)44(43)45/h1-25H. The monoisotopic (exact) mass is 599 g/mol. The van der Waals surface area contributed by atoms with Gasteiger partial charge in [0, 0.05) is 47.4 Å². The number of nitrogens with zero attached hydrogens (tertiary/aromatic N) is 1. The molecule has 2 aromatic heterocycles. The Morgan fingerprint density at radius 1 is 0.348 bits per heavy atom. The Morgan fingerprint density at radius 2 is 0.891 bits per heavy atom. The summed E-state index contributed by atoms with van der Waals surface area (Å²) in [6.45, 7) is 0. The third-order valence-electron chi connectivity index (χ3n) is 10.1. The smallest absolute Gasteiger partial charge is 0.0626 e. The van der Waals surface area contributed by atoms with Crippen molar-refractivity contribution < 1.29 is 0 Å². The van der Waals surface area contributed by atoms with Crippen molar-refractivity contribution >= 4 is 107 Å². The minimum atomic E-state index is 1.20. The first-order valence-corrected chi connectivity index (χ1v) is 16.7. The molecule has 0 aliphatic rings. The van der Waals surface area contributed by atoms with Crippen molar-refractivity contribution in [2.75, 3.05) is 0 Å². The first kappa shape index (κ1) is 24.6. The van der Waals surface area contributed by atoms with E-state index in [2.05, 4.69) is 156 Å². The Bertz CT molecular complexity index is 3080. The molecule has 2 heterocycles. The molecule has 1 nitrogen and oxygen atoms in total. The summed E-state index contributed by atoms with van der Waals surface area (Å²) in [6, 6.07) is 56.4. The minimum Gasteiger partial charge on any atom is -0.309 e. The first-order valence-electron chi connectivity index (χ1n) is 15.9. The van der Waals surface area contributed by atoms with E-state index in [0.29, 0.717) is 0 Å². The van der Waals surface area contributed by atoms with Crippen molar-refractivity contribution in [1.29, 1.82) is 0 Å². The van der Waals surface area contributed by atoms with Crippen LogP contribution in [0.3, 0.4) is 0 Å². The Labute approximate surface area is 268 Å². The first-order chi connectivity index (χ1) is 22.8. The quantitative estimate of drug-likeness (QED) is 0.165. The van der Waals surface area contributed by atoms with Crippen molar-refractivity contribution in [2.45, 2.75) is 0 Å². The molecule has 0 radical (unpaired) electrons. The van der Waals surface area contributed by atoms with E-state index in [1.165, 1.54) is 102 Å². The molecule has 0 unspecified atom stereocenters. The number of rotatable bonds is 1. The molecule has 0 spiro atoms. The average molecular weight is 600 g/mol. The summed E-state index contributed by atoms with van der Waals surface area (Å²) in [5.41, 5.74) is 3.70. The fourth-order valence-electron chi connectivity index (χ4n) is 8.19. The van der Waals surface area contributed by atoms with E-state index in [-0.39, 0.29) is 0 Å². The molecule has 0 aliphatic carbocycles. The highest BCUT2D eigenvalue weighted by atomic mass is 32.1. The van der Waals surface area contributed by atoms with Crippen LogP contribution in [-0.2, 0) is 0 Å². The fourth-order valence-corrected chi connectivity index (χ4v) is 9.31. The number of fused-ring (bicyclic) bond motifs is 17. The molecule has 0 saturated carbocycles. The van der Waals surface area contributed by atoms with Crippen LogP contribution in [0.25, 0.3) is 102 Å². The Balaban J connectivity index is 1.37. The molecular weight excluding hydrogens is 575 g/mol. The van der Waals surface area contributed by atoms with Gasteiger partial charge in [0.15, 0.2) is 0 Å². The van der Waals surface area contributed by atoms with E-state index in [0.717, 1.165) is 0 Å². The highest BCUT2D eigenvalue weighted by Crippen LogP contribution is 2.48. The van der Waals surface area contributed by atoms with Gasteiger partial charge in [-0.1, -0.05) is 115 Å². The average Bonchev–Trinajstić information content (AvgIpc) is 3.65. The van der Waals surface area contributed by atoms with E-state index < -0.39 is 0 Å². The molecule has 0 amide bonds. The topological polar surface area (TPSA) is 4.93 Å². The molecule has 0 N–H and O–H groups in total. The number of hydrogen-bond acceptors (Lipinski definition) is 1. The lowest BCUT2D eigenvalue weighted by Crippen LogP contribution is -1.95. The van der Waals surface area contributed by atoms with Crippen LogP contribution in [-0.4, -0.2) is 4.57 Å². The zero-order valence-corrected chi connectivity index (χ0v) is 25.6. The van der Waals surface area contributed by atoms with Gasteiger partial charge < -0.3 is 4.57 Å². The molecule has 0 fully saturated rings. The number of benzene rings is 9. The van der Waals surface area contributed by atoms with Gasteiger partial charge >= 0.3 is 0 Å². The van der Waals surface area contributed by atoms with Crippen LogP contribution in [0.15, 0.2) is 152 Å². The van der Waals surface area contributed by atoms with Gasteiger partial charge in [0.25, 0.3) is 0 Å². The van der Waals surface area contributed by atoms with Gasteiger partial charge in [-0.3, -0.25) is 0 Å². The molecule has 11 rings (SSSR count). The van der Waals surface area contributed by atoms with Gasteiger partial charge in [-0.25, -0.2) is 0 Å². The van der Waals surface area contributed by atoms with E-state index in [1.54, 1.807) is 0 Å². The van der Waals surface area contributed by atoms with Gasteiger partial charge in [-0.15, -0.1) is 11.3 Å². The summed E-state index contributed by atoms with van der Waals surface area (Å²) >= 11 is 1.89. The van der Waals surface area contributed by atoms with Gasteiger partial charge in [-0.2, -0.15) is 0 Å². The Morgan fingerprint density at radius 3 is 1.63 bits per heavy atom. The van der Waals surface area contributed by atoms with Gasteiger partial charge in [-0.05, 0) is 79.5 Å². The van der Waals surface area contributed by atoms with Gasteiger partial charge in [0.05, 0.1) is 11.0 Å².